The molecule has 18 rings (SSSR count). The Morgan fingerprint density at radius 1 is 0.322 bits per heavy atom. The van der Waals surface area contributed by atoms with E-state index in [2.05, 4.69) is 59.8 Å². The third-order valence-corrected chi connectivity index (χ3v) is 12.9. The van der Waals surface area contributed by atoms with E-state index in [9.17, 15) is 30.6 Å². The van der Waals surface area contributed by atoms with Crippen LogP contribution >= 0.6 is 0 Å². The second kappa shape index (κ2) is 28.9. The first-order valence-electron chi connectivity index (χ1n) is 25.2. The molecule has 30 heteroatoms. The van der Waals surface area contributed by atoms with E-state index < -0.39 is 0 Å². The normalized spacial score (nSPS) is 10.4. The van der Waals surface area contributed by atoms with Crippen molar-refractivity contribution < 1.29 is 116 Å². The SMILES string of the molecule is Oc1ccnc2oc3cccnc3c12.Oc1cncc2oc3cccnc3c12.[Be+2].[Be+2].[Be+2].[Be+2].[O-]c1cccc2oc3cnc[nH+]c3c12.[O-]c1ccnc2oc3ccc[nH+]c3c12.[O-]c1cncc2oc3ccc[nH+]c3c12.[O-]c1nccc2oc3ccc[nH+]c3c12.[Zn].[Zn]. The number of aromatic nitrogens is 12. The number of benzene rings is 1. The van der Waals surface area contributed by atoms with E-state index in [1.54, 1.807) is 92.0 Å². The average molecular weight is 1280 g/mol. The Kier molecular flexibility index (Phi) is 21.5. The maximum Gasteiger partial charge on any atom is 2.00 e. The number of fused-ring (bicyclic) bond motifs is 18. The summed E-state index contributed by atoms with van der Waals surface area (Å²) >= 11 is 0. The number of H-pyrrole nitrogens is 4. The van der Waals surface area contributed by atoms with Crippen molar-refractivity contribution in [3.8, 4) is 34.6 Å². The number of pyridine rings is 10. The summed E-state index contributed by atoms with van der Waals surface area (Å²) in [5, 5.41) is 68.7. The maximum absolute atomic E-state index is 11.6. The van der Waals surface area contributed by atoms with Gasteiger partial charge >= 0.3 is 40.5 Å². The van der Waals surface area contributed by atoms with E-state index >= 15 is 0 Å². The molecule has 0 radical (unpaired) electrons. The van der Waals surface area contributed by atoms with Gasteiger partial charge in [0.25, 0.3) is 22.9 Å². The number of aromatic hydroxyl groups is 2. The van der Waals surface area contributed by atoms with Crippen LogP contribution in [0.3, 0.4) is 0 Å². The molecule has 24 nitrogen and oxygen atoms in total. The summed E-state index contributed by atoms with van der Waals surface area (Å²) in [6.07, 6.45) is 21.9. The summed E-state index contributed by atoms with van der Waals surface area (Å²) in [7, 11) is 0. The molecule has 0 amide bonds. The first-order chi connectivity index (χ1) is 41.2. The average Bonchev–Trinajstić information content (AvgIpc) is 1.98. The van der Waals surface area contributed by atoms with Gasteiger partial charge in [-0.25, -0.2) is 29.9 Å². The Bertz CT molecular complexity index is 4600. The van der Waals surface area contributed by atoms with Crippen LogP contribution in [0.15, 0.2) is 210 Å². The molecule has 0 aliphatic carbocycles. The van der Waals surface area contributed by atoms with E-state index in [1.807, 2.05) is 36.4 Å². The minimum absolute atomic E-state index is 0. The summed E-state index contributed by atoms with van der Waals surface area (Å²) in [5.74, 6) is -0.250. The Morgan fingerprint density at radius 2 is 0.789 bits per heavy atom. The number of aromatic amines is 4. The predicted molar refractivity (Wildman–Crippen MR) is 315 cm³/mol. The minimum Gasteiger partial charge on any atom is -0.872 e. The molecule has 0 aliphatic heterocycles. The summed E-state index contributed by atoms with van der Waals surface area (Å²) < 4.78 is 32.6. The van der Waals surface area contributed by atoms with E-state index in [4.69, 9.17) is 26.5 Å². The molecule has 0 bridgehead atoms. The van der Waals surface area contributed by atoms with Gasteiger partial charge < -0.3 is 57.1 Å². The van der Waals surface area contributed by atoms with Crippen LogP contribution in [0.5, 0.6) is 34.6 Å². The molecule has 0 fully saturated rings. The van der Waals surface area contributed by atoms with Crippen molar-refractivity contribution in [2.45, 2.75) is 0 Å². The van der Waals surface area contributed by atoms with Gasteiger partial charge in [0.05, 0.1) is 34.7 Å². The van der Waals surface area contributed by atoms with E-state index in [1.165, 1.54) is 55.5 Å². The van der Waals surface area contributed by atoms with Crippen LogP contribution in [0.1, 0.15) is 0 Å². The van der Waals surface area contributed by atoms with Gasteiger partial charge in [0, 0.05) is 100 Å². The molecular weight excluding hydrogens is 1250 g/mol. The standard InChI is InChI=1S/6C10H6N2O2.4Be.2Zn/c13-10-8-6(3-5-12-10)14-7-2-1-4-11-9(7)8;2*13-6-3-5-12-10-8(6)9-7(14-10)2-1-4-11-9;2*13-6-4-11-5-8-9(6)10-7(14-8)2-1-3-12-10;13-6-2-1-3-7-9(6)10-8(14-7)4-11-5-12-10;;;;;;/h3*1-5H,(H,12,13);3*1-5,13H;;;;;;/q;;;;;;4*+2;;. The topological polar surface area (TPSA) is 371 Å². The Labute approximate surface area is 544 Å². The van der Waals surface area contributed by atoms with Crippen LogP contribution in [0.25, 0.3) is 133 Å². The second-order valence-electron chi connectivity index (χ2n) is 18.0. The molecule has 0 atom stereocenters. The van der Waals surface area contributed by atoms with Crippen LogP contribution in [0.4, 0.5) is 0 Å². The first kappa shape index (κ1) is 66.8. The molecule has 0 saturated carbocycles. The molecule has 0 aliphatic rings. The zero-order valence-electron chi connectivity index (χ0n) is 47.1. The Hall–Kier alpha value is -10.7. The van der Waals surface area contributed by atoms with Crippen LogP contribution < -0.4 is 40.4 Å². The quantitative estimate of drug-likeness (QED) is 0.162. The fourth-order valence-corrected chi connectivity index (χ4v) is 9.27. The predicted octanol–water partition coefficient (Wildman–Crippen LogP) is 6.11. The van der Waals surface area contributed by atoms with Gasteiger partial charge in [0.15, 0.2) is 63.8 Å². The summed E-state index contributed by atoms with van der Waals surface area (Å²) in [6.45, 7) is 0. The van der Waals surface area contributed by atoms with E-state index in [-0.39, 0.29) is 114 Å². The van der Waals surface area contributed by atoms with E-state index in [0.717, 1.165) is 5.52 Å². The van der Waals surface area contributed by atoms with Crippen molar-refractivity contribution in [2.24, 2.45) is 0 Å². The van der Waals surface area contributed by atoms with Gasteiger partial charge in [-0.1, -0.05) is 40.4 Å². The van der Waals surface area contributed by atoms with Gasteiger partial charge in [-0.05, 0) is 60.7 Å². The molecule has 0 unspecified atom stereocenters. The van der Waals surface area contributed by atoms with Crippen LogP contribution in [-0.4, -0.2) is 90.6 Å². The molecule has 17 aromatic heterocycles. The zero-order chi connectivity index (χ0) is 57.3. The molecule has 1 aromatic carbocycles. The third-order valence-electron chi connectivity index (χ3n) is 12.9. The summed E-state index contributed by atoms with van der Waals surface area (Å²) in [5.41, 5.74) is 11.1. The molecular formula is C60H36Be4N12O12Zn2+8. The molecule has 412 valence electrons. The number of hydrogen-bond donors (Lipinski definition) is 2. The van der Waals surface area contributed by atoms with Crippen molar-refractivity contribution in [2.75, 3.05) is 0 Å². The van der Waals surface area contributed by atoms with E-state index in [0.29, 0.717) is 127 Å². The third kappa shape index (κ3) is 12.8. The molecule has 18 aromatic rings. The van der Waals surface area contributed by atoms with Gasteiger partial charge in [0.1, 0.15) is 49.9 Å². The zero-order valence-corrected chi connectivity index (χ0v) is 53.1. The molecule has 0 spiro atoms. The van der Waals surface area contributed by atoms with Crippen molar-refractivity contribution in [1.29, 1.82) is 0 Å². The number of nitrogens with zero attached hydrogens (tertiary/aromatic N) is 8. The van der Waals surface area contributed by atoms with Crippen molar-refractivity contribution >= 4 is 173 Å². The first-order valence-corrected chi connectivity index (χ1v) is 25.2. The van der Waals surface area contributed by atoms with Crippen LogP contribution in [0, 0.1) is 0 Å². The fraction of sp³-hybridized carbons (Fsp3) is 0. The fourth-order valence-electron chi connectivity index (χ4n) is 9.27. The number of nitrogens with one attached hydrogen (secondary N) is 4. The smallest absolute Gasteiger partial charge is 0.872 e. The number of furan rings is 6. The number of hydrogen-bond acceptors (Lipinski definition) is 20. The van der Waals surface area contributed by atoms with Crippen LogP contribution in [0.2, 0.25) is 0 Å². The molecule has 0 saturated heterocycles. The van der Waals surface area contributed by atoms with Crippen molar-refractivity contribution in [1.82, 2.24) is 39.9 Å². The van der Waals surface area contributed by atoms with Crippen molar-refractivity contribution in [3.05, 3.63) is 184 Å². The maximum atomic E-state index is 11.6. The van der Waals surface area contributed by atoms with Gasteiger partial charge in [-0.3, -0.25) is 24.9 Å². The van der Waals surface area contributed by atoms with Gasteiger partial charge in [-0.2, -0.15) is 0 Å². The van der Waals surface area contributed by atoms with Gasteiger partial charge in [0.2, 0.25) is 22.6 Å². The number of rotatable bonds is 0. The minimum atomic E-state index is -0.260. The van der Waals surface area contributed by atoms with Crippen molar-refractivity contribution in [3.63, 3.8) is 0 Å². The van der Waals surface area contributed by atoms with Gasteiger partial charge in [-0.15, -0.1) is 0 Å². The molecule has 17 heterocycles. The second-order valence-corrected chi connectivity index (χ2v) is 18.0. The Balaban J connectivity index is 0.000000152. The summed E-state index contributed by atoms with van der Waals surface area (Å²) in [6, 6.07) is 27.7. The molecule has 90 heavy (non-hydrogen) atoms. The monoisotopic (exact) mass is 1280 g/mol. The Morgan fingerprint density at radius 3 is 1.49 bits per heavy atom. The largest absolute Gasteiger partial charge is 2.00 e. The summed E-state index contributed by atoms with van der Waals surface area (Å²) in [4.78, 5) is 43.4. The van der Waals surface area contributed by atoms with Crippen LogP contribution in [-0.2, 0) is 39.0 Å². The molecule has 6 N–H and O–H groups in total.